The van der Waals surface area contributed by atoms with Crippen LogP contribution in [0.3, 0.4) is 0 Å². The van der Waals surface area contributed by atoms with Gasteiger partial charge in [0.05, 0.1) is 10.5 Å². The van der Waals surface area contributed by atoms with E-state index in [0.29, 0.717) is 22.6 Å². The minimum atomic E-state index is -1.50. The molecule has 324 valence electrons. The van der Waals surface area contributed by atoms with Gasteiger partial charge in [-0.15, -0.1) is 0 Å². The van der Waals surface area contributed by atoms with Crippen molar-refractivity contribution in [3.8, 4) is 0 Å². The van der Waals surface area contributed by atoms with Crippen LogP contribution < -0.4 is 29.6 Å². The smallest absolute Gasteiger partial charge is 0.870 e. The summed E-state index contributed by atoms with van der Waals surface area (Å²) < 4.78 is 11.4. The Kier molecular flexibility index (Phi) is 21.0. The van der Waals surface area contributed by atoms with Gasteiger partial charge in [0.1, 0.15) is 12.2 Å². The van der Waals surface area contributed by atoms with Crippen LogP contribution in [-0.2, 0) is 30.3 Å². The number of nitro groups is 1. The first-order valence-corrected chi connectivity index (χ1v) is 20.4. The first-order chi connectivity index (χ1) is 27.2. The van der Waals surface area contributed by atoms with Crippen molar-refractivity contribution in [3.63, 3.8) is 0 Å². The topological polar surface area (TPSA) is 207 Å². The molecule has 60 heavy (non-hydrogen) atoms. The van der Waals surface area contributed by atoms with Gasteiger partial charge in [0.25, 0.3) is 5.69 Å². The van der Waals surface area contributed by atoms with Gasteiger partial charge in [0.2, 0.25) is 0 Å². The molecule has 0 bridgehead atoms. The number of non-ortho nitro benzene ring substituents is 1. The van der Waals surface area contributed by atoms with Crippen LogP contribution in [0.1, 0.15) is 118 Å². The van der Waals surface area contributed by atoms with E-state index in [0.717, 1.165) is 96.2 Å². The number of hydrogen-bond donors (Lipinski definition) is 3. The maximum Gasteiger partial charge on any atom is 1.00 e. The van der Waals surface area contributed by atoms with Crippen LogP contribution in [-0.4, -0.2) is 80.9 Å². The van der Waals surface area contributed by atoms with Crippen molar-refractivity contribution in [1.29, 1.82) is 0 Å². The maximum absolute atomic E-state index is 12.8. The van der Waals surface area contributed by atoms with E-state index < -0.39 is 34.0 Å². The summed E-state index contributed by atoms with van der Waals surface area (Å²) in [5.41, 5.74) is -1.34. The van der Waals surface area contributed by atoms with Crippen molar-refractivity contribution >= 4 is 23.6 Å². The molecular formula is C46H63N2NaO11. The summed E-state index contributed by atoms with van der Waals surface area (Å²) in [6.07, 6.45) is 11.5. The van der Waals surface area contributed by atoms with Crippen molar-refractivity contribution in [2.45, 2.75) is 122 Å². The van der Waals surface area contributed by atoms with Gasteiger partial charge < -0.3 is 35.2 Å². The number of carboxylic acid groups (broad SMARTS) is 1. The first kappa shape index (κ1) is 52.4. The van der Waals surface area contributed by atoms with Gasteiger partial charge in [-0.2, -0.15) is 0 Å². The van der Waals surface area contributed by atoms with Gasteiger partial charge in [-0.25, -0.2) is 14.4 Å². The minimum Gasteiger partial charge on any atom is -0.870 e. The number of likely N-dealkylation sites (N-methyl/N-ethyl adjacent to an activating group) is 1. The Bertz CT molecular complexity index is 1690. The molecule has 4 N–H and O–H groups in total. The fourth-order valence-corrected chi connectivity index (χ4v) is 8.84. The average Bonchev–Trinajstić information content (AvgIpc) is 4.06. The van der Waals surface area contributed by atoms with Gasteiger partial charge in [-0.1, -0.05) is 101 Å². The Labute approximate surface area is 376 Å². The number of aryl methyl sites for hydroxylation is 1. The minimum absolute atomic E-state index is 0. The average molecular weight is 843 g/mol. The number of nitro benzene ring substituents is 1. The van der Waals surface area contributed by atoms with Gasteiger partial charge in [-0.3, -0.25) is 10.1 Å². The third-order valence-electron chi connectivity index (χ3n) is 12.0. The fourth-order valence-electron chi connectivity index (χ4n) is 8.84. The number of carbonyl (C=O) groups excluding carboxylic acids is 2. The van der Waals surface area contributed by atoms with Gasteiger partial charge in [0.15, 0.2) is 11.2 Å². The zero-order valence-electron chi connectivity index (χ0n) is 34.8. The molecule has 5 unspecified atom stereocenters. The van der Waals surface area contributed by atoms with Crippen LogP contribution in [0.4, 0.5) is 5.69 Å². The Morgan fingerprint density at radius 1 is 0.750 bits per heavy atom. The fraction of sp³-hybridized carbons (Fsp3) is 0.543. The number of nitrogens with zero attached hydrogens (tertiary/aromatic N) is 2. The van der Waals surface area contributed by atoms with E-state index in [1.807, 2.05) is 67.7 Å². The molecule has 14 heteroatoms. The predicted molar refractivity (Wildman–Crippen MR) is 223 cm³/mol. The molecule has 0 amide bonds. The Morgan fingerprint density at radius 2 is 1.22 bits per heavy atom. The van der Waals surface area contributed by atoms with Crippen molar-refractivity contribution in [1.82, 2.24) is 4.90 Å². The van der Waals surface area contributed by atoms with Crippen molar-refractivity contribution < 1.29 is 79.1 Å². The number of benzene rings is 3. The molecule has 13 nitrogen and oxygen atoms in total. The van der Waals surface area contributed by atoms with Gasteiger partial charge in [0, 0.05) is 37.1 Å². The van der Waals surface area contributed by atoms with Gasteiger partial charge in [-0.05, 0) is 94.0 Å². The molecule has 3 aromatic carbocycles. The van der Waals surface area contributed by atoms with Crippen LogP contribution in [0.25, 0.3) is 0 Å². The summed E-state index contributed by atoms with van der Waals surface area (Å²) in [5, 5.41) is 41.5. The number of aromatic carboxylic acids is 1. The van der Waals surface area contributed by atoms with Crippen LogP contribution >= 0.6 is 0 Å². The van der Waals surface area contributed by atoms with E-state index in [4.69, 9.17) is 14.6 Å². The van der Waals surface area contributed by atoms with E-state index in [9.17, 15) is 34.7 Å². The zero-order valence-corrected chi connectivity index (χ0v) is 36.8. The van der Waals surface area contributed by atoms with E-state index in [2.05, 4.69) is 11.8 Å². The van der Waals surface area contributed by atoms with Crippen molar-refractivity contribution in [2.24, 2.45) is 17.8 Å². The molecule has 3 saturated carbocycles. The van der Waals surface area contributed by atoms with Crippen LogP contribution in [0.15, 0.2) is 78.9 Å². The van der Waals surface area contributed by atoms with E-state index >= 15 is 0 Å². The van der Waals surface area contributed by atoms with Gasteiger partial charge >= 0.3 is 47.5 Å². The molecular weight excluding hydrogens is 779 g/mol. The van der Waals surface area contributed by atoms with E-state index in [1.54, 1.807) is 6.92 Å². The number of carboxylic acids is 1. The molecule has 0 aromatic heterocycles. The molecule has 4 fully saturated rings. The molecule has 3 aliphatic carbocycles. The third-order valence-corrected chi connectivity index (χ3v) is 12.0. The van der Waals surface area contributed by atoms with E-state index in [1.165, 1.54) is 12.1 Å². The SMILES string of the molecule is C.CC1CCC(OC(=O)C(O)(c2ccccc2)C2CCCC2)C1.CN1CCC(OC(=O)C(O)(c2ccccc2)C2CCCC2)C1.Cc1cc(C(=O)O)cc([N+](=O)[O-])c1.[Na+].[OH-]. The maximum atomic E-state index is 12.8. The zero-order chi connectivity index (χ0) is 41.2. The Morgan fingerprint density at radius 3 is 1.60 bits per heavy atom. The standard InChI is InChI=1S/C19H26O3.C18H25NO3.C8H7NO4.CH4.Na.H2O/c1-14-11-12-17(13-14)22-18(20)19(21,16-9-5-6-10-16)15-7-3-2-4-8-15;1-19-12-11-16(13-19)22-17(20)18(21,15-9-5-6-10-15)14-7-3-2-4-8-14;1-5-2-6(8(10)11)4-7(3-5)9(12)13;;;/h2-4,7-8,14,16-17,21H,5-6,9-13H2,1H3;2-4,7-8,15-16,21H,5-6,9-13H2,1H3;2-4H,1H3,(H,10,11);1H4;;1H2/q;;;;+1;/p-1. The number of aliphatic hydroxyl groups is 2. The quantitative estimate of drug-likeness (QED) is 0.105. The molecule has 4 aliphatic rings. The molecule has 1 saturated heterocycles. The third kappa shape index (κ3) is 13.2. The monoisotopic (exact) mass is 842 g/mol. The molecule has 0 spiro atoms. The van der Waals surface area contributed by atoms with E-state index in [-0.39, 0.29) is 77.8 Å². The van der Waals surface area contributed by atoms with Crippen LogP contribution in [0.5, 0.6) is 0 Å². The second-order valence-corrected chi connectivity index (χ2v) is 16.4. The van der Waals surface area contributed by atoms with Crippen molar-refractivity contribution in [2.75, 3.05) is 20.1 Å². The summed E-state index contributed by atoms with van der Waals surface area (Å²) in [5.74, 6) is -1.53. The molecule has 5 atom stereocenters. The second kappa shape index (κ2) is 24.1. The number of rotatable bonds is 10. The largest absolute Gasteiger partial charge is 1.00 e. The number of likely N-dealkylation sites (tertiary alicyclic amines) is 1. The normalized spacial score (nSPS) is 22.1. The van der Waals surface area contributed by atoms with Crippen LogP contribution in [0, 0.1) is 34.8 Å². The van der Waals surface area contributed by atoms with Crippen LogP contribution in [0.2, 0.25) is 0 Å². The Hall–Kier alpha value is -3.69. The number of ether oxygens (including phenoxy) is 2. The molecule has 7 rings (SSSR count). The Balaban J connectivity index is 0.000000313. The summed E-state index contributed by atoms with van der Waals surface area (Å²) in [6, 6.07) is 22.4. The predicted octanol–water partition coefficient (Wildman–Crippen LogP) is 5.17. The number of esters is 2. The summed E-state index contributed by atoms with van der Waals surface area (Å²) in [7, 11) is 2.02. The molecule has 3 aromatic rings. The molecule has 1 aliphatic heterocycles. The number of hydrogen-bond acceptors (Lipinski definition) is 11. The summed E-state index contributed by atoms with van der Waals surface area (Å²) >= 11 is 0. The molecule has 0 radical (unpaired) electrons. The summed E-state index contributed by atoms with van der Waals surface area (Å²) in [6.45, 7) is 5.49. The van der Waals surface area contributed by atoms with Crippen molar-refractivity contribution in [3.05, 3.63) is 111 Å². The number of carbonyl (C=O) groups is 3. The molecule has 1 heterocycles. The first-order valence-electron chi connectivity index (χ1n) is 20.4. The second-order valence-electron chi connectivity index (χ2n) is 16.4. The summed E-state index contributed by atoms with van der Waals surface area (Å²) in [4.78, 5) is 48.0.